The maximum Gasteiger partial charge on any atom is 0.137 e. The van der Waals surface area contributed by atoms with E-state index in [-0.39, 0.29) is 0 Å². The van der Waals surface area contributed by atoms with E-state index in [1.165, 1.54) is 5.56 Å². The molecule has 1 N–H and O–H groups in total. The van der Waals surface area contributed by atoms with Crippen LogP contribution in [0.2, 0.25) is 5.02 Å². The number of methoxy groups -OCH3 is 1. The van der Waals surface area contributed by atoms with Crippen molar-refractivity contribution in [2.75, 3.05) is 33.8 Å². The van der Waals surface area contributed by atoms with E-state index >= 15 is 0 Å². The van der Waals surface area contributed by atoms with Gasteiger partial charge in [0.05, 0.1) is 12.1 Å². The summed E-state index contributed by atoms with van der Waals surface area (Å²) in [6, 6.07) is 5.87. The molecule has 0 amide bonds. The molecule has 0 aliphatic heterocycles. The van der Waals surface area contributed by atoms with Crippen LogP contribution in [-0.4, -0.2) is 38.7 Å². The zero-order chi connectivity index (χ0) is 12.7. The SMILES string of the molecule is CCN(C)CCNCc1ccc(OC)c(Cl)c1. The summed E-state index contributed by atoms with van der Waals surface area (Å²) >= 11 is 6.05. The largest absolute Gasteiger partial charge is 0.495 e. The second-order valence-electron chi connectivity index (χ2n) is 4.04. The van der Waals surface area contributed by atoms with Crippen LogP contribution in [0.1, 0.15) is 12.5 Å². The third kappa shape index (κ3) is 4.94. The van der Waals surface area contributed by atoms with Crippen LogP contribution in [0.3, 0.4) is 0 Å². The Balaban J connectivity index is 2.34. The summed E-state index contributed by atoms with van der Waals surface area (Å²) in [5, 5.41) is 4.05. The lowest BCUT2D eigenvalue weighted by Crippen LogP contribution is -2.28. The van der Waals surface area contributed by atoms with Crippen molar-refractivity contribution in [2.24, 2.45) is 0 Å². The number of halogens is 1. The van der Waals surface area contributed by atoms with Crippen molar-refractivity contribution in [3.63, 3.8) is 0 Å². The minimum absolute atomic E-state index is 0.664. The van der Waals surface area contributed by atoms with Crippen LogP contribution in [0.5, 0.6) is 5.75 Å². The average molecular weight is 257 g/mol. The molecule has 1 rings (SSSR count). The van der Waals surface area contributed by atoms with Gasteiger partial charge >= 0.3 is 0 Å². The molecule has 96 valence electrons. The first-order valence-electron chi connectivity index (χ1n) is 5.89. The molecule has 0 aromatic heterocycles. The Morgan fingerprint density at radius 2 is 2.18 bits per heavy atom. The highest BCUT2D eigenvalue weighted by atomic mass is 35.5. The van der Waals surface area contributed by atoms with Gasteiger partial charge in [-0.25, -0.2) is 0 Å². The van der Waals surface area contributed by atoms with Gasteiger partial charge in [-0.15, -0.1) is 0 Å². The first-order valence-corrected chi connectivity index (χ1v) is 6.26. The Morgan fingerprint density at radius 3 is 2.76 bits per heavy atom. The van der Waals surface area contributed by atoms with E-state index in [0.717, 1.165) is 31.9 Å². The summed E-state index contributed by atoms with van der Waals surface area (Å²) in [6.07, 6.45) is 0. The van der Waals surface area contributed by atoms with Crippen LogP contribution < -0.4 is 10.1 Å². The monoisotopic (exact) mass is 256 g/mol. The predicted octanol–water partition coefficient (Wildman–Crippen LogP) is 2.39. The highest BCUT2D eigenvalue weighted by molar-refractivity contribution is 6.32. The number of nitrogens with zero attached hydrogens (tertiary/aromatic N) is 1. The van der Waals surface area contributed by atoms with Crippen LogP contribution in [0, 0.1) is 0 Å². The molecule has 0 aliphatic rings. The third-order valence-corrected chi connectivity index (χ3v) is 3.05. The molecule has 17 heavy (non-hydrogen) atoms. The molecule has 0 atom stereocenters. The molecular formula is C13H21ClN2O. The van der Waals surface area contributed by atoms with E-state index in [9.17, 15) is 0 Å². The second kappa shape index (κ2) is 7.54. The van der Waals surface area contributed by atoms with Gasteiger partial charge in [-0.3, -0.25) is 0 Å². The summed E-state index contributed by atoms with van der Waals surface area (Å²) < 4.78 is 5.11. The maximum atomic E-state index is 6.05. The van der Waals surface area contributed by atoms with Crippen molar-refractivity contribution in [1.29, 1.82) is 0 Å². The molecule has 0 saturated heterocycles. The van der Waals surface area contributed by atoms with E-state index in [2.05, 4.69) is 24.2 Å². The average Bonchev–Trinajstić information content (AvgIpc) is 2.34. The van der Waals surface area contributed by atoms with Gasteiger partial charge in [-0.05, 0) is 31.3 Å². The Labute approximate surface area is 109 Å². The van der Waals surface area contributed by atoms with Crippen molar-refractivity contribution in [3.05, 3.63) is 28.8 Å². The number of ether oxygens (including phenoxy) is 1. The van der Waals surface area contributed by atoms with Gasteiger partial charge in [0, 0.05) is 19.6 Å². The van der Waals surface area contributed by atoms with Crippen LogP contribution in [-0.2, 0) is 6.54 Å². The summed E-state index contributed by atoms with van der Waals surface area (Å²) in [5.41, 5.74) is 1.18. The zero-order valence-corrected chi connectivity index (χ0v) is 11.5. The Kier molecular flexibility index (Phi) is 6.34. The Morgan fingerprint density at radius 1 is 1.41 bits per heavy atom. The van der Waals surface area contributed by atoms with Crippen molar-refractivity contribution < 1.29 is 4.74 Å². The van der Waals surface area contributed by atoms with Gasteiger partial charge in [0.1, 0.15) is 5.75 Å². The van der Waals surface area contributed by atoms with Gasteiger partial charge in [-0.1, -0.05) is 24.6 Å². The Hall–Kier alpha value is -0.770. The minimum Gasteiger partial charge on any atom is -0.495 e. The molecule has 0 bridgehead atoms. The summed E-state index contributed by atoms with van der Waals surface area (Å²) in [6.45, 7) is 6.11. The van der Waals surface area contributed by atoms with Gasteiger partial charge in [0.25, 0.3) is 0 Å². The van der Waals surface area contributed by atoms with Crippen LogP contribution in [0.15, 0.2) is 18.2 Å². The standard InChI is InChI=1S/C13H21ClN2O/c1-4-16(2)8-7-15-10-11-5-6-13(17-3)12(14)9-11/h5-6,9,15H,4,7-8,10H2,1-3H3. The summed E-state index contributed by atoms with van der Waals surface area (Å²) in [5.74, 6) is 0.723. The summed E-state index contributed by atoms with van der Waals surface area (Å²) in [7, 11) is 3.74. The second-order valence-corrected chi connectivity index (χ2v) is 4.45. The van der Waals surface area contributed by atoms with Gasteiger partial charge < -0.3 is 15.0 Å². The molecule has 0 unspecified atom stereocenters. The molecule has 4 heteroatoms. The molecule has 0 aliphatic carbocycles. The normalized spacial score (nSPS) is 10.9. The number of hydrogen-bond donors (Lipinski definition) is 1. The fraction of sp³-hybridized carbons (Fsp3) is 0.538. The molecule has 0 fully saturated rings. The van der Waals surface area contributed by atoms with Crippen LogP contribution in [0.4, 0.5) is 0 Å². The lowest BCUT2D eigenvalue weighted by atomic mass is 10.2. The number of hydrogen-bond acceptors (Lipinski definition) is 3. The number of nitrogens with one attached hydrogen (secondary N) is 1. The highest BCUT2D eigenvalue weighted by Gasteiger charge is 2.01. The van der Waals surface area contributed by atoms with E-state index in [1.807, 2.05) is 18.2 Å². The molecule has 3 nitrogen and oxygen atoms in total. The van der Waals surface area contributed by atoms with Crippen molar-refractivity contribution in [3.8, 4) is 5.75 Å². The van der Waals surface area contributed by atoms with Gasteiger partial charge in [-0.2, -0.15) is 0 Å². The zero-order valence-electron chi connectivity index (χ0n) is 10.8. The van der Waals surface area contributed by atoms with Crippen LogP contribution in [0.25, 0.3) is 0 Å². The molecule has 0 saturated carbocycles. The topological polar surface area (TPSA) is 24.5 Å². The van der Waals surface area contributed by atoms with Crippen molar-refractivity contribution >= 4 is 11.6 Å². The van der Waals surface area contributed by atoms with Gasteiger partial charge in [0.15, 0.2) is 0 Å². The first kappa shape index (κ1) is 14.3. The molecule has 0 heterocycles. The van der Waals surface area contributed by atoms with E-state index in [0.29, 0.717) is 5.02 Å². The first-order chi connectivity index (χ1) is 8.17. The van der Waals surface area contributed by atoms with Crippen molar-refractivity contribution in [1.82, 2.24) is 10.2 Å². The number of likely N-dealkylation sites (N-methyl/N-ethyl adjacent to an activating group) is 1. The molecule has 0 radical (unpaired) electrons. The van der Waals surface area contributed by atoms with E-state index in [1.54, 1.807) is 7.11 Å². The molecular weight excluding hydrogens is 236 g/mol. The van der Waals surface area contributed by atoms with E-state index in [4.69, 9.17) is 16.3 Å². The highest BCUT2D eigenvalue weighted by Crippen LogP contribution is 2.24. The fourth-order valence-corrected chi connectivity index (χ4v) is 1.76. The Bertz CT molecular complexity index is 344. The quantitative estimate of drug-likeness (QED) is 0.759. The third-order valence-electron chi connectivity index (χ3n) is 2.76. The van der Waals surface area contributed by atoms with E-state index < -0.39 is 0 Å². The lowest BCUT2D eigenvalue weighted by molar-refractivity contribution is 0.349. The molecule has 1 aromatic carbocycles. The number of rotatable bonds is 7. The van der Waals surface area contributed by atoms with Crippen LogP contribution >= 0.6 is 11.6 Å². The molecule has 1 aromatic rings. The fourth-order valence-electron chi connectivity index (χ4n) is 1.48. The smallest absolute Gasteiger partial charge is 0.137 e. The summed E-state index contributed by atoms with van der Waals surface area (Å²) in [4.78, 5) is 2.27. The van der Waals surface area contributed by atoms with Crippen molar-refractivity contribution in [2.45, 2.75) is 13.5 Å². The maximum absolute atomic E-state index is 6.05. The lowest BCUT2D eigenvalue weighted by Gasteiger charge is -2.14. The predicted molar refractivity (Wildman–Crippen MR) is 72.9 cm³/mol. The van der Waals surface area contributed by atoms with Gasteiger partial charge in [0.2, 0.25) is 0 Å². The molecule has 0 spiro atoms. The number of benzene rings is 1. The minimum atomic E-state index is 0.664.